The van der Waals surface area contributed by atoms with Gasteiger partial charge in [-0.3, -0.25) is 4.79 Å². The highest BCUT2D eigenvalue weighted by atomic mass is 35.5. The van der Waals surface area contributed by atoms with Crippen molar-refractivity contribution in [3.8, 4) is 0 Å². The van der Waals surface area contributed by atoms with Gasteiger partial charge in [0.1, 0.15) is 5.82 Å². The average molecular weight is 273 g/mol. The third-order valence-electron chi connectivity index (χ3n) is 2.73. The molecule has 100 valence electrons. The zero-order valence-corrected chi connectivity index (χ0v) is 11.1. The number of anilines is 1. The lowest BCUT2D eigenvalue weighted by Crippen LogP contribution is -2.14. The summed E-state index contributed by atoms with van der Waals surface area (Å²) >= 11 is 5.74. The minimum Gasteiger partial charge on any atom is -0.330 e. The summed E-state index contributed by atoms with van der Waals surface area (Å²) in [4.78, 5) is 11.6. The predicted octanol–water partition coefficient (Wildman–Crippen LogP) is 3.18. The van der Waals surface area contributed by atoms with Crippen molar-refractivity contribution >= 4 is 23.2 Å². The topological polar surface area (TPSA) is 55.1 Å². The maximum Gasteiger partial charge on any atom is 0.224 e. The van der Waals surface area contributed by atoms with E-state index in [0.29, 0.717) is 23.9 Å². The molecule has 0 aromatic heterocycles. The molecule has 0 heterocycles. The minimum absolute atomic E-state index is 0.124. The van der Waals surface area contributed by atoms with Gasteiger partial charge in [-0.25, -0.2) is 4.39 Å². The van der Waals surface area contributed by atoms with Crippen LogP contribution < -0.4 is 11.1 Å². The molecule has 0 aliphatic carbocycles. The Morgan fingerprint density at radius 2 is 2.22 bits per heavy atom. The van der Waals surface area contributed by atoms with Gasteiger partial charge in [-0.2, -0.15) is 0 Å². The van der Waals surface area contributed by atoms with Crippen molar-refractivity contribution in [1.82, 2.24) is 0 Å². The van der Waals surface area contributed by atoms with E-state index < -0.39 is 5.82 Å². The average Bonchev–Trinajstić information content (AvgIpc) is 2.32. The molecule has 1 aromatic carbocycles. The molecule has 3 nitrogen and oxygen atoms in total. The van der Waals surface area contributed by atoms with Crippen molar-refractivity contribution in [2.75, 3.05) is 11.9 Å². The van der Waals surface area contributed by atoms with Crippen LogP contribution in [0, 0.1) is 11.7 Å². The first-order chi connectivity index (χ1) is 8.52. The van der Waals surface area contributed by atoms with Crippen LogP contribution in [0.15, 0.2) is 18.2 Å². The number of halogens is 2. The molecule has 18 heavy (non-hydrogen) atoms. The molecule has 0 aliphatic rings. The lowest BCUT2D eigenvalue weighted by atomic mass is 10.0. The van der Waals surface area contributed by atoms with E-state index in [0.717, 1.165) is 12.8 Å². The highest BCUT2D eigenvalue weighted by Gasteiger charge is 2.09. The molecule has 1 aromatic rings. The summed E-state index contributed by atoms with van der Waals surface area (Å²) in [6, 6.07) is 4.07. The van der Waals surface area contributed by atoms with Crippen LogP contribution in [-0.4, -0.2) is 12.5 Å². The number of nitrogens with two attached hydrogens (primary N) is 1. The van der Waals surface area contributed by atoms with E-state index in [4.69, 9.17) is 17.3 Å². The SMILES string of the molecule is CC(CCN)CCC(=O)Nc1cc(Cl)ccc1F. The van der Waals surface area contributed by atoms with Crippen molar-refractivity contribution in [3.63, 3.8) is 0 Å². The molecule has 1 atom stereocenters. The van der Waals surface area contributed by atoms with E-state index in [-0.39, 0.29) is 11.6 Å². The molecule has 1 amide bonds. The Hall–Kier alpha value is -1.13. The second-order valence-corrected chi connectivity index (χ2v) is 4.83. The molecule has 1 rings (SSSR count). The van der Waals surface area contributed by atoms with Crippen LogP contribution in [0.2, 0.25) is 5.02 Å². The summed E-state index contributed by atoms with van der Waals surface area (Å²) in [5.41, 5.74) is 5.56. The molecule has 0 spiro atoms. The monoisotopic (exact) mass is 272 g/mol. The smallest absolute Gasteiger partial charge is 0.224 e. The molecule has 0 fully saturated rings. The predicted molar refractivity (Wildman–Crippen MR) is 72.1 cm³/mol. The number of nitrogens with one attached hydrogen (secondary N) is 1. The Labute approximate surface area is 112 Å². The Balaban J connectivity index is 2.47. The third kappa shape index (κ3) is 5.02. The van der Waals surface area contributed by atoms with Gasteiger partial charge in [0.15, 0.2) is 0 Å². The largest absolute Gasteiger partial charge is 0.330 e. The van der Waals surface area contributed by atoms with Crippen molar-refractivity contribution in [3.05, 3.63) is 29.0 Å². The number of hydrogen-bond donors (Lipinski definition) is 2. The van der Waals surface area contributed by atoms with Crippen molar-refractivity contribution < 1.29 is 9.18 Å². The van der Waals surface area contributed by atoms with Crippen LogP contribution in [0.3, 0.4) is 0 Å². The molecule has 5 heteroatoms. The van der Waals surface area contributed by atoms with Crippen LogP contribution in [-0.2, 0) is 4.79 Å². The number of carbonyl (C=O) groups excluding carboxylic acids is 1. The van der Waals surface area contributed by atoms with Crippen LogP contribution in [0.1, 0.15) is 26.2 Å². The third-order valence-corrected chi connectivity index (χ3v) is 2.96. The maximum absolute atomic E-state index is 13.4. The zero-order chi connectivity index (χ0) is 13.5. The molecule has 0 saturated carbocycles. The fourth-order valence-corrected chi connectivity index (χ4v) is 1.78. The molecule has 3 N–H and O–H groups in total. The summed E-state index contributed by atoms with van der Waals surface area (Å²) in [5, 5.41) is 2.91. The zero-order valence-electron chi connectivity index (χ0n) is 10.4. The Bertz CT molecular complexity index is 412. The molecule has 0 saturated heterocycles. The van der Waals surface area contributed by atoms with E-state index in [1.165, 1.54) is 18.2 Å². The normalized spacial score (nSPS) is 12.2. The van der Waals surface area contributed by atoms with E-state index in [2.05, 4.69) is 5.32 Å². The summed E-state index contributed by atoms with van der Waals surface area (Å²) in [6.07, 6.45) is 1.98. The molecule has 0 aliphatic heterocycles. The fraction of sp³-hybridized carbons (Fsp3) is 0.462. The van der Waals surface area contributed by atoms with E-state index in [1.54, 1.807) is 0 Å². The number of carbonyl (C=O) groups is 1. The fourth-order valence-electron chi connectivity index (χ4n) is 1.61. The Kier molecular flexibility index (Phi) is 6.09. The van der Waals surface area contributed by atoms with Gasteiger partial charge >= 0.3 is 0 Å². The summed E-state index contributed by atoms with van der Waals surface area (Å²) in [7, 11) is 0. The molecule has 0 radical (unpaired) electrons. The standard InChI is InChI=1S/C13H18ClFN2O/c1-9(6-7-16)2-5-13(18)17-12-8-10(14)3-4-11(12)15/h3-4,8-9H,2,5-7,16H2,1H3,(H,17,18). The number of amides is 1. The van der Waals surface area contributed by atoms with Gasteiger partial charge in [0.2, 0.25) is 5.91 Å². The van der Waals surface area contributed by atoms with Crippen LogP contribution in [0.25, 0.3) is 0 Å². The van der Waals surface area contributed by atoms with Gasteiger partial charge in [-0.1, -0.05) is 18.5 Å². The minimum atomic E-state index is -0.484. The Morgan fingerprint density at radius 3 is 2.89 bits per heavy atom. The number of rotatable bonds is 6. The van der Waals surface area contributed by atoms with Gasteiger partial charge in [0, 0.05) is 11.4 Å². The van der Waals surface area contributed by atoms with Gasteiger partial charge in [-0.15, -0.1) is 0 Å². The summed E-state index contributed by atoms with van der Waals surface area (Å²) < 4.78 is 13.4. The number of hydrogen-bond acceptors (Lipinski definition) is 2. The second-order valence-electron chi connectivity index (χ2n) is 4.39. The van der Waals surface area contributed by atoms with Gasteiger partial charge < -0.3 is 11.1 Å². The van der Waals surface area contributed by atoms with Crippen LogP contribution >= 0.6 is 11.6 Å². The highest BCUT2D eigenvalue weighted by molar-refractivity contribution is 6.30. The van der Waals surface area contributed by atoms with Crippen molar-refractivity contribution in [2.24, 2.45) is 11.7 Å². The van der Waals surface area contributed by atoms with E-state index in [1.807, 2.05) is 6.92 Å². The van der Waals surface area contributed by atoms with Gasteiger partial charge in [0.05, 0.1) is 5.69 Å². The first kappa shape index (κ1) is 14.9. The second kappa shape index (κ2) is 7.34. The highest BCUT2D eigenvalue weighted by Crippen LogP contribution is 2.20. The number of benzene rings is 1. The molecular weight excluding hydrogens is 255 g/mol. The first-order valence-corrected chi connectivity index (χ1v) is 6.35. The van der Waals surface area contributed by atoms with Crippen LogP contribution in [0.5, 0.6) is 0 Å². The van der Waals surface area contributed by atoms with E-state index in [9.17, 15) is 9.18 Å². The van der Waals surface area contributed by atoms with E-state index >= 15 is 0 Å². The Morgan fingerprint density at radius 1 is 1.50 bits per heavy atom. The first-order valence-electron chi connectivity index (χ1n) is 5.98. The van der Waals surface area contributed by atoms with Crippen LogP contribution in [0.4, 0.5) is 10.1 Å². The quantitative estimate of drug-likeness (QED) is 0.836. The van der Waals surface area contributed by atoms with Gasteiger partial charge in [-0.05, 0) is 43.5 Å². The molecular formula is C13H18ClFN2O. The maximum atomic E-state index is 13.4. The van der Waals surface area contributed by atoms with Crippen molar-refractivity contribution in [1.29, 1.82) is 0 Å². The summed E-state index contributed by atoms with van der Waals surface area (Å²) in [5.74, 6) is -0.298. The molecule has 0 bridgehead atoms. The molecule has 1 unspecified atom stereocenters. The van der Waals surface area contributed by atoms with Gasteiger partial charge in [0.25, 0.3) is 0 Å². The lowest BCUT2D eigenvalue weighted by Gasteiger charge is -2.10. The van der Waals surface area contributed by atoms with Crippen molar-refractivity contribution in [2.45, 2.75) is 26.2 Å². The summed E-state index contributed by atoms with van der Waals surface area (Å²) in [6.45, 7) is 2.66. The lowest BCUT2D eigenvalue weighted by molar-refractivity contribution is -0.116.